The van der Waals surface area contributed by atoms with E-state index >= 15 is 0 Å². The number of hydrogen-bond acceptors (Lipinski definition) is 3. The smallest absolute Gasteiger partial charge is 0.0740 e. The van der Waals surface area contributed by atoms with Crippen molar-refractivity contribution in [2.45, 2.75) is 19.9 Å². The highest BCUT2D eigenvalue weighted by molar-refractivity contribution is 6.32. The van der Waals surface area contributed by atoms with Crippen LogP contribution in [0.5, 0.6) is 0 Å². The van der Waals surface area contributed by atoms with E-state index in [1.54, 1.807) is 0 Å². The number of para-hydroxylation sites is 1. The van der Waals surface area contributed by atoms with Crippen molar-refractivity contribution < 1.29 is 5.11 Å². The van der Waals surface area contributed by atoms with Gasteiger partial charge < -0.3 is 5.11 Å². The normalized spacial score (nSPS) is 19.9. The van der Waals surface area contributed by atoms with Crippen LogP contribution in [0.15, 0.2) is 24.3 Å². The van der Waals surface area contributed by atoms with Crippen LogP contribution in [-0.4, -0.2) is 34.7 Å². The Bertz CT molecular complexity index is 629. The molecular weight excluding hydrogens is 272 g/mol. The Hall–Kier alpha value is -1.16. The quantitative estimate of drug-likeness (QED) is 0.944. The molecule has 3 nitrogen and oxygen atoms in total. The molecule has 0 radical (unpaired) electrons. The van der Waals surface area contributed by atoms with Gasteiger partial charge in [-0.15, -0.1) is 0 Å². The number of nitrogens with zero attached hydrogens (tertiary/aromatic N) is 2. The van der Waals surface area contributed by atoms with Crippen molar-refractivity contribution in [1.82, 2.24) is 9.88 Å². The van der Waals surface area contributed by atoms with E-state index in [-0.39, 0.29) is 6.61 Å². The van der Waals surface area contributed by atoms with Gasteiger partial charge in [-0.25, -0.2) is 4.98 Å². The van der Waals surface area contributed by atoms with E-state index in [0.717, 1.165) is 53.2 Å². The summed E-state index contributed by atoms with van der Waals surface area (Å²) in [6.45, 7) is 5.03. The fourth-order valence-electron chi connectivity index (χ4n) is 2.94. The zero-order chi connectivity index (χ0) is 14.1. The molecule has 0 amide bonds. The summed E-state index contributed by atoms with van der Waals surface area (Å²) < 4.78 is 0. The fourth-order valence-corrected chi connectivity index (χ4v) is 3.14. The minimum Gasteiger partial charge on any atom is -0.396 e. The summed E-state index contributed by atoms with van der Waals surface area (Å²) in [6.07, 6.45) is 1.06. The molecular formula is C16H19ClN2O. The minimum atomic E-state index is 0.272. The lowest BCUT2D eigenvalue weighted by molar-refractivity contribution is 0.219. The van der Waals surface area contributed by atoms with Crippen LogP contribution in [-0.2, 0) is 6.54 Å². The maximum Gasteiger partial charge on any atom is 0.0740 e. The SMILES string of the molecule is Cc1c(Cl)c(CN2CCC(CO)C2)nc2ccccc12. The maximum atomic E-state index is 9.22. The molecule has 106 valence electrons. The van der Waals surface area contributed by atoms with Crippen molar-refractivity contribution in [3.8, 4) is 0 Å². The van der Waals surface area contributed by atoms with Gasteiger partial charge in [0.25, 0.3) is 0 Å². The number of benzene rings is 1. The molecule has 20 heavy (non-hydrogen) atoms. The number of aromatic nitrogens is 1. The lowest BCUT2D eigenvalue weighted by Crippen LogP contribution is -2.22. The molecule has 1 aromatic carbocycles. The molecule has 1 aliphatic rings. The maximum absolute atomic E-state index is 9.22. The van der Waals surface area contributed by atoms with Crippen LogP contribution in [0.2, 0.25) is 5.02 Å². The second-order valence-corrected chi connectivity index (χ2v) is 5.96. The first-order valence-electron chi connectivity index (χ1n) is 7.06. The Balaban J connectivity index is 1.90. The fraction of sp³-hybridized carbons (Fsp3) is 0.438. The molecule has 0 spiro atoms. The van der Waals surface area contributed by atoms with Crippen LogP contribution >= 0.6 is 11.6 Å². The van der Waals surface area contributed by atoms with Crippen LogP contribution in [0.1, 0.15) is 17.7 Å². The predicted molar refractivity (Wildman–Crippen MR) is 82.0 cm³/mol. The Kier molecular flexibility index (Phi) is 3.92. The summed E-state index contributed by atoms with van der Waals surface area (Å²) in [5.41, 5.74) is 3.05. The van der Waals surface area contributed by atoms with Gasteiger partial charge in [-0.2, -0.15) is 0 Å². The van der Waals surface area contributed by atoms with Gasteiger partial charge in [-0.05, 0) is 37.4 Å². The topological polar surface area (TPSA) is 36.4 Å². The Labute approximate surface area is 124 Å². The van der Waals surface area contributed by atoms with E-state index in [0.29, 0.717) is 5.92 Å². The van der Waals surface area contributed by atoms with Gasteiger partial charge in [0.15, 0.2) is 0 Å². The van der Waals surface area contributed by atoms with Crippen molar-refractivity contribution in [2.24, 2.45) is 5.92 Å². The summed E-state index contributed by atoms with van der Waals surface area (Å²) >= 11 is 6.48. The van der Waals surface area contributed by atoms with Gasteiger partial charge in [0.05, 0.1) is 16.2 Å². The summed E-state index contributed by atoms with van der Waals surface area (Å²) in [6, 6.07) is 8.11. The molecule has 0 bridgehead atoms. The number of hydrogen-bond donors (Lipinski definition) is 1. The zero-order valence-corrected chi connectivity index (χ0v) is 12.4. The molecule has 0 saturated carbocycles. The van der Waals surface area contributed by atoms with Gasteiger partial charge in [-0.3, -0.25) is 4.90 Å². The Morgan fingerprint density at radius 3 is 2.95 bits per heavy atom. The molecule has 1 aromatic heterocycles. The number of likely N-dealkylation sites (tertiary alicyclic amines) is 1. The van der Waals surface area contributed by atoms with Crippen LogP contribution in [0.3, 0.4) is 0 Å². The monoisotopic (exact) mass is 290 g/mol. The summed E-state index contributed by atoms with van der Waals surface area (Å²) in [5.74, 6) is 0.398. The van der Waals surface area contributed by atoms with E-state index in [1.165, 1.54) is 0 Å². The average Bonchev–Trinajstić information content (AvgIpc) is 2.92. The molecule has 1 saturated heterocycles. The van der Waals surface area contributed by atoms with Crippen LogP contribution in [0, 0.1) is 12.8 Å². The number of pyridine rings is 1. The lowest BCUT2D eigenvalue weighted by atomic mass is 10.1. The van der Waals surface area contributed by atoms with E-state index in [1.807, 2.05) is 18.2 Å². The Morgan fingerprint density at radius 2 is 2.20 bits per heavy atom. The van der Waals surface area contributed by atoms with E-state index in [2.05, 4.69) is 17.9 Å². The second-order valence-electron chi connectivity index (χ2n) is 5.59. The molecule has 1 fully saturated rings. The third-order valence-electron chi connectivity index (χ3n) is 4.15. The number of halogens is 1. The lowest BCUT2D eigenvalue weighted by Gasteiger charge is -2.17. The first-order valence-corrected chi connectivity index (χ1v) is 7.43. The third-order valence-corrected chi connectivity index (χ3v) is 4.65. The van der Waals surface area contributed by atoms with Crippen molar-refractivity contribution in [1.29, 1.82) is 0 Å². The van der Waals surface area contributed by atoms with Crippen molar-refractivity contribution >= 4 is 22.5 Å². The largest absolute Gasteiger partial charge is 0.396 e. The second kappa shape index (κ2) is 5.68. The molecule has 1 aliphatic heterocycles. The highest BCUT2D eigenvalue weighted by Crippen LogP contribution is 2.28. The molecule has 2 aromatic rings. The van der Waals surface area contributed by atoms with Crippen LogP contribution < -0.4 is 0 Å². The molecule has 1 atom stereocenters. The third kappa shape index (κ3) is 2.53. The van der Waals surface area contributed by atoms with Gasteiger partial charge >= 0.3 is 0 Å². The van der Waals surface area contributed by atoms with Gasteiger partial charge in [0, 0.05) is 25.1 Å². The highest BCUT2D eigenvalue weighted by atomic mass is 35.5. The van der Waals surface area contributed by atoms with Crippen molar-refractivity contribution in [2.75, 3.05) is 19.7 Å². The van der Waals surface area contributed by atoms with Gasteiger partial charge in [0.2, 0.25) is 0 Å². The standard InChI is InChI=1S/C16H19ClN2O/c1-11-13-4-2-3-5-14(13)18-15(16(11)17)9-19-7-6-12(8-19)10-20/h2-5,12,20H,6-10H2,1H3. The van der Waals surface area contributed by atoms with E-state index in [4.69, 9.17) is 16.6 Å². The minimum absolute atomic E-state index is 0.272. The molecule has 2 heterocycles. The van der Waals surface area contributed by atoms with Crippen molar-refractivity contribution in [3.05, 3.63) is 40.5 Å². The summed E-state index contributed by atoms with van der Waals surface area (Å²) in [7, 11) is 0. The number of rotatable bonds is 3. The first kappa shape index (κ1) is 13.8. The molecule has 1 N–H and O–H groups in total. The number of aliphatic hydroxyl groups is 1. The van der Waals surface area contributed by atoms with E-state index < -0.39 is 0 Å². The first-order chi connectivity index (χ1) is 9.69. The summed E-state index contributed by atoms with van der Waals surface area (Å²) in [4.78, 5) is 7.04. The predicted octanol–water partition coefficient (Wildman–Crippen LogP) is 3.01. The molecule has 0 aliphatic carbocycles. The van der Waals surface area contributed by atoms with Gasteiger partial charge in [-0.1, -0.05) is 29.8 Å². The molecule has 3 rings (SSSR count). The van der Waals surface area contributed by atoms with Crippen LogP contribution in [0.4, 0.5) is 0 Å². The molecule has 1 unspecified atom stereocenters. The molecule has 4 heteroatoms. The number of aliphatic hydroxyl groups excluding tert-OH is 1. The Morgan fingerprint density at radius 1 is 1.40 bits per heavy atom. The number of aryl methyl sites for hydroxylation is 1. The van der Waals surface area contributed by atoms with Crippen LogP contribution in [0.25, 0.3) is 10.9 Å². The highest BCUT2D eigenvalue weighted by Gasteiger charge is 2.23. The number of fused-ring (bicyclic) bond motifs is 1. The average molecular weight is 291 g/mol. The summed E-state index contributed by atoms with van der Waals surface area (Å²) in [5, 5.41) is 11.1. The van der Waals surface area contributed by atoms with Gasteiger partial charge in [0.1, 0.15) is 0 Å². The zero-order valence-electron chi connectivity index (χ0n) is 11.6. The van der Waals surface area contributed by atoms with E-state index in [9.17, 15) is 5.11 Å². The van der Waals surface area contributed by atoms with Crippen molar-refractivity contribution in [3.63, 3.8) is 0 Å².